The molecule has 104 valence electrons. The van der Waals surface area contributed by atoms with Crippen molar-refractivity contribution >= 4 is 21.8 Å². The minimum absolute atomic E-state index is 0.609. The maximum absolute atomic E-state index is 5.68. The van der Waals surface area contributed by atoms with Gasteiger partial charge in [0.15, 0.2) is 11.5 Å². The number of nitrogens with zero attached hydrogens (tertiary/aromatic N) is 2. The van der Waals surface area contributed by atoms with Crippen LogP contribution in [0.2, 0.25) is 0 Å². The van der Waals surface area contributed by atoms with E-state index in [1.165, 1.54) is 0 Å². The summed E-state index contributed by atoms with van der Waals surface area (Å²) in [6.07, 6.45) is 0. The number of halogens is 1. The van der Waals surface area contributed by atoms with Crippen molar-refractivity contribution in [2.24, 2.45) is 4.99 Å². The fourth-order valence-electron chi connectivity index (χ4n) is 2.09. The summed E-state index contributed by atoms with van der Waals surface area (Å²) in [5.41, 5.74) is 1.05. The average Bonchev–Trinajstić information content (AvgIpc) is 2.80. The zero-order valence-electron chi connectivity index (χ0n) is 11.6. The van der Waals surface area contributed by atoms with Gasteiger partial charge >= 0.3 is 0 Å². The molecule has 0 saturated carbocycles. The van der Waals surface area contributed by atoms with Crippen molar-refractivity contribution in [3.63, 3.8) is 0 Å². The Kier molecular flexibility index (Phi) is 4.69. The average molecular weight is 327 g/mol. The Morgan fingerprint density at radius 3 is 2.58 bits per heavy atom. The molecule has 1 aromatic rings. The van der Waals surface area contributed by atoms with Gasteiger partial charge in [-0.2, -0.15) is 0 Å². The molecule has 4 nitrogen and oxygen atoms in total. The van der Waals surface area contributed by atoms with Crippen molar-refractivity contribution in [1.29, 1.82) is 0 Å². The van der Waals surface area contributed by atoms with Gasteiger partial charge in [-0.15, -0.1) is 0 Å². The SMILES string of the molecule is CCOc1cc(C2=NCCN2C)cc(Br)c1OCC. The lowest BCUT2D eigenvalue weighted by molar-refractivity contribution is 0.286. The summed E-state index contributed by atoms with van der Waals surface area (Å²) in [6, 6.07) is 4.04. The van der Waals surface area contributed by atoms with Crippen LogP contribution < -0.4 is 9.47 Å². The number of likely N-dealkylation sites (N-methyl/N-ethyl adjacent to an activating group) is 1. The lowest BCUT2D eigenvalue weighted by atomic mass is 10.1. The number of hydrogen-bond donors (Lipinski definition) is 0. The van der Waals surface area contributed by atoms with Crippen LogP contribution >= 0.6 is 15.9 Å². The van der Waals surface area contributed by atoms with Crippen LogP contribution in [0.5, 0.6) is 11.5 Å². The van der Waals surface area contributed by atoms with Gasteiger partial charge in [-0.25, -0.2) is 0 Å². The molecule has 0 radical (unpaired) electrons. The van der Waals surface area contributed by atoms with Crippen LogP contribution in [-0.4, -0.2) is 44.1 Å². The minimum Gasteiger partial charge on any atom is -0.490 e. The maximum Gasteiger partial charge on any atom is 0.175 e. The summed E-state index contributed by atoms with van der Waals surface area (Å²) in [7, 11) is 2.05. The van der Waals surface area contributed by atoms with Gasteiger partial charge in [0.25, 0.3) is 0 Å². The molecule has 0 aromatic heterocycles. The lowest BCUT2D eigenvalue weighted by Gasteiger charge is -2.18. The van der Waals surface area contributed by atoms with Crippen LogP contribution in [0, 0.1) is 0 Å². The van der Waals surface area contributed by atoms with E-state index in [1.807, 2.05) is 26.0 Å². The molecule has 0 N–H and O–H groups in total. The standard InChI is InChI=1S/C14H19BrN2O2/c1-4-18-12-9-10(14-16-6-7-17(14)3)8-11(15)13(12)19-5-2/h8-9H,4-7H2,1-3H3. The third-order valence-electron chi connectivity index (χ3n) is 2.91. The highest BCUT2D eigenvalue weighted by Crippen LogP contribution is 2.37. The molecule has 0 bridgehead atoms. The largest absolute Gasteiger partial charge is 0.490 e. The number of benzene rings is 1. The molecule has 5 heteroatoms. The molecule has 0 atom stereocenters. The van der Waals surface area contributed by atoms with Crippen LogP contribution in [0.25, 0.3) is 0 Å². The molecule has 1 heterocycles. The van der Waals surface area contributed by atoms with Crippen molar-refractivity contribution in [2.75, 3.05) is 33.4 Å². The second-order valence-corrected chi connectivity index (χ2v) is 5.13. The Labute approximate surface area is 122 Å². The second kappa shape index (κ2) is 6.28. The van der Waals surface area contributed by atoms with E-state index in [0.29, 0.717) is 13.2 Å². The molecule has 1 aliphatic rings. The van der Waals surface area contributed by atoms with Gasteiger partial charge in [-0.05, 0) is 41.9 Å². The molecule has 0 amide bonds. The van der Waals surface area contributed by atoms with Gasteiger partial charge in [0.05, 0.1) is 24.2 Å². The zero-order chi connectivity index (χ0) is 13.8. The molecular weight excluding hydrogens is 308 g/mol. The third kappa shape index (κ3) is 3.03. The van der Waals surface area contributed by atoms with Crippen molar-refractivity contribution in [3.8, 4) is 11.5 Å². The van der Waals surface area contributed by atoms with Crippen LogP contribution in [0.1, 0.15) is 19.4 Å². The lowest BCUT2D eigenvalue weighted by Crippen LogP contribution is -2.23. The van der Waals surface area contributed by atoms with Crippen molar-refractivity contribution in [1.82, 2.24) is 4.90 Å². The van der Waals surface area contributed by atoms with E-state index in [1.54, 1.807) is 0 Å². The van der Waals surface area contributed by atoms with E-state index in [9.17, 15) is 0 Å². The predicted molar refractivity (Wildman–Crippen MR) is 80.5 cm³/mol. The van der Waals surface area contributed by atoms with Crippen molar-refractivity contribution < 1.29 is 9.47 Å². The monoisotopic (exact) mass is 326 g/mol. The molecular formula is C14H19BrN2O2. The molecule has 0 spiro atoms. The highest BCUT2D eigenvalue weighted by Gasteiger charge is 2.19. The summed E-state index contributed by atoms with van der Waals surface area (Å²) < 4.78 is 12.2. The number of aliphatic imine (C=N–C) groups is 1. The predicted octanol–water partition coefficient (Wildman–Crippen LogP) is 2.94. The highest BCUT2D eigenvalue weighted by molar-refractivity contribution is 9.10. The molecule has 0 unspecified atom stereocenters. The smallest absolute Gasteiger partial charge is 0.175 e. The fourth-order valence-corrected chi connectivity index (χ4v) is 2.65. The maximum atomic E-state index is 5.68. The number of ether oxygens (including phenoxy) is 2. The first kappa shape index (κ1) is 14.2. The van der Waals surface area contributed by atoms with Crippen molar-refractivity contribution in [3.05, 3.63) is 22.2 Å². The molecule has 1 aromatic carbocycles. The quantitative estimate of drug-likeness (QED) is 0.834. The van der Waals surface area contributed by atoms with Gasteiger partial charge in [-0.3, -0.25) is 4.99 Å². The van der Waals surface area contributed by atoms with Crippen LogP contribution in [0.15, 0.2) is 21.6 Å². The first-order valence-corrected chi connectivity index (χ1v) is 7.31. The summed E-state index contributed by atoms with van der Waals surface area (Å²) in [5, 5.41) is 0. The van der Waals surface area contributed by atoms with E-state index in [-0.39, 0.29) is 0 Å². The number of hydrogen-bond acceptors (Lipinski definition) is 4. The minimum atomic E-state index is 0.609. The summed E-state index contributed by atoms with van der Waals surface area (Å²) in [5.74, 6) is 2.52. The second-order valence-electron chi connectivity index (χ2n) is 4.28. The van der Waals surface area contributed by atoms with E-state index in [2.05, 4.69) is 32.9 Å². The number of amidine groups is 1. The van der Waals surface area contributed by atoms with Gasteiger partial charge in [0, 0.05) is 19.2 Å². The van der Waals surface area contributed by atoms with Gasteiger partial charge < -0.3 is 14.4 Å². The van der Waals surface area contributed by atoms with Gasteiger partial charge in [-0.1, -0.05) is 0 Å². The third-order valence-corrected chi connectivity index (χ3v) is 3.50. The Bertz CT molecular complexity index is 489. The summed E-state index contributed by atoms with van der Waals surface area (Å²) in [6.45, 7) is 6.96. The van der Waals surface area contributed by atoms with Crippen LogP contribution in [0.4, 0.5) is 0 Å². The van der Waals surface area contributed by atoms with E-state index < -0.39 is 0 Å². The molecule has 2 rings (SSSR count). The Morgan fingerprint density at radius 2 is 2.00 bits per heavy atom. The Hall–Kier alpha value is -1.23. The number of rotatable bonds is 5. The first-order valence-electron chi connectivity index (χ1n) is 6.52. The normalized spacial score (nSPS) is 14.5. The van der Waals surface area contributed by atoms with E-state index >= 15 is 0 Å². The fraction of sp³-hybridized carbons (Fsp3) is 0.500. The van der Waals surface area contributed by atoms with E-state index in [0.717, 1.165) is 40.5 Å². The molecule has 0 aliphatic carbocycles. The van der Waals surface area contributed by atoms with Gasteiger partial charge in [0.1, 0.15) is 5.84 Å². The Balaban J connectivity index is 2.41. The van der Waals surface area contributed by atoms with Gasteiger partial charge in [0.2, 0.25) is 0 Å². The Morgan fingerprint density at radius 1 is 1.26 bits per heavy atom. The summed E-state index contributed by atoms with van der Waals surface area (Å²) >= 11 is 3.56. The topological polar surface area (TPSA) is 34.1 Å². The molecule has 0 saturated heterocycles. The zero-order valence-corrected chi connectivity index (χ0v) is 13.2. The highest BCUT2D eigenvalue weighted by atomic mass is 79.9. The van der Waals surface area contributed by atoms with Crippen molar-refractivity contribution in [2.45, 2.75) is 13.8 Å². The molecule has 19 heavy (non-hydrogen) atoms. The van der Waals surface area contributed by atoms with Crippen LogP contribution in [0.3, 0.4) is 0 Å². The first-order chi connectivity index (χ1) is 9.17. The van der Waals surface area contributed by atoms with Crippen LogP contribution in [-0.2, 0) is 0 Å². The van der Waals surface area contributed by atoms with E-state index in [4.69, 9.17) is 9.47 Å². The molecule has 0 fully saturated rings. The summed E-state index contributed by atoms with van der Waals surface area (Å²) in [4.78, 5) is 6.68. The molecule has 1 aliphatic heterocycles.